The summed E-state index contributed by atoms with van der Waals surface area (Å²) in [6, 6.07) is -0.859. The van der Waals surface area contributed by atoms with Crippen molar-refractivity contribution in [3.05, 3.63) is 0 Å². The molecule has 2 amide bonds. The molecule has 0 aromatic carbocycles. The molecule has 0 aromatic heterocycles. The van der Waals surface area contributed by atoms with E-state index in [1.807, 2.05) is 0 Å². The summed E-state index contributed by atoms with van der Waals surface area (Å²) in [6.45, 7) is -1.78. The molecule has 1 saturated heterocycles. The van der Waals surface area contributed by atoms with Gasteiger partial charge in [-0.1, -0.05) is 0 Å². The van der Waals surface area contributed by atoms with E-state index in [-0.39, 0.29) is 0 Å². The van der Waals surface area contributed by atoms with Crippen LogP contribution in [0.4, 0.5) is 18.0 Å². The number of thioether (sulfide) groups is 1. The van der Waals surface area contributed by atoms with Crippen molar-refractivity contribution in [2.45, 2.75) is 12.6 Å². The van der Waals surface area contributed by atoms with Gasteiger partial charge in [0.15, 0.2) is 0 Å². The Morgan fingerprint density at radius 3 is 2.53 bits per heavy atom. The normalized spacial score (nSPS) is 16.9. The van der Waals surface area contributed by atoms with Crippen molar-refractivity contribution in [3.63, 3.8) is 0 Å². The summed E-state index contributed by atoms with van der Waals surface area (Å²) in [7, 11) is 0. The predicted molar refractivity (Wildman–Crippen MR) is 64.2 cm³/mol. The van der Waals surface area contributed by atoms with Gasteiger partial charge in [-0.05, 0) is 12.2 Å². The second kappa shape index (κ2) is 6.88. The Morgan fingerprint density at radius 2 is 1.95 bits per heavy atom. The molecule has 5 nitrogen and oxygen atoms in total. The quantitative estimate of drug-likeness (QED) is 0.858. The summed E-state index contributed by atoms with van der Waals surface area (Å²) in [5.41, 5.74) is 0. The second-order valence-corrected chi connectivity index (χ2v) is 5.33. The molecular weight excluding hydrogens is 285 g/mol. The van der Waals surface area contributed by atoms with E-state index in [1.165, 1.54) is 4.90 Å². The van der Waals surface area contributed by atoms with Gasteiger partial charge < -0.3 is 14.9 Å². The van der Waals surface area contributed by atoms with Crippen LogP contribution in [-0.4, -0.2) is 70.8 Å². The van der Waals surface area contributed by atoms with Gasteiger partial charge in [0.25, 0.3) is 0 Å². The third-order valence-electron chi connectivity index (χ3n) is 2.46. The van der Waals surface area contributed by atoms with Crippen molar-refractivity contribution in [2.75, 3.05) is 37.7 Å². The lowest BCUT2D eigenvalue weighted by atomic mass is 10.4. The zero-order valence-corrected chi connectivity index (χ0v) is 11.0. The Balaban J connectivity index is 2.71. The number of hydrogen-bond donors (Lipinski definition) is 1. The van der Waals surface area contributed by atoms with Crippen molar-refractivity contribution in [2.24, 2.45) is 0 Å². The molecular formula is C10H15F3N2O3S. The molecule has 0 unspecified atom stereocenters. The van der Waals surface area contributed by atoms with Crippen LogP contribution >= 0.6 is 11.8 Å². The minimum absolute atomic E-state index is 0.332. The van der Waals surface area contributed by atoms with Crippen LogP contribution in [0, 0.1) is 0 Å². The summed E-state index contributed by atoms with van der Waals surface area (Å²) in [4.78, 5) is 24.1. The molecule has 19 heavy (non-hydrogen) atoms. The summed E-state index contributed by atoms with van der Waals surface area (Å²) >= 11 is 1.62. The average Bonchev–Trinajstić information content (AvgIpc) is 2.53. The van der Waals surface area contributed by atoms with Gasteiger partial charge >= 0.3 is 18.2 Å². The molecule has 9 heteroatoms. The fraction of sp³-hybridized carbons (Fsp3) is 0.800. The average molecular weight is 300 g/mol. The molecule has 1 rings (SSSR count). The first-order chi connectivity index (χ1) is 8.79. The van der Waals surface area contributed by atoms with Crippen molar-refractivity contribution in [3.8, 4) is 0 Å². The van der Waals surface area contributed by atoms with E-state index in [0.717, 1.165) is 5.75 Å². The zero-order chi connectivity index (χ0) is 14.5. The first kappa shape index (κ1) is 15.9. The first-order valence-corrected chi connectivity index (χ1v) is 6.85. The number of carbonyl (C=O) groups is 2. The summed E-state index contributed by atoms with van der Waals surface area (Å²) in [5, 5.41) is 8.60. The molecule has 0 saturated carbocycles. The Labute approximate surface area is 112 Å². The molecule has 0 atom stereocenters. The van der Waals surface area contributed by atoms with Crippen molar-refractivity contribution < 1.29 is 27.9 Å². The third-order valence-corrected chi connectivity index (χ3v) is 3.51. The van der Waals surface area contributed by atoms with Gasteiger partial charge in [0.05, 0.1) is 0 Å². The maximum absolute atomic E-state index is 12.4. The number of carbonyl (C=O) groups excluding carboxylic acids is 1. The van der Waals surface area contributed by atoms with Crippen LogP contribution in [-0.2, 0) is 4.79 Å². The van der Waals surface area contributed by atoms with E-state index in [4.69, 9.17) is 5.11 Å². The van der Waals surface area contributed by atoms with Gasteiger partial charge in [0.1, 0.15) is 13.1 Å². The number of urea groups is 1. The topological polar surface area (TPSA) is 60.9 Å². The fourth-order valence-corrected chi connectivity index (χ4v) is 2.60. The fourth-order valence-electron chi connectivity index (χ4n) is 1.71. The number of rotatable bonds is 3. The maximum atomic E-state index is 12.4. The van der Waals surface area contributed by atoms with E-state index < -0.39 is 31.3 Å². The van der Waals surface area contributed by atoms with Crippen molar-refractivity contribution in [1.29, 1.82) is 0 Å². The van der Waals surface area contributed by atoms with Crippen LogP contribution in [0.5, 0.6) is 0 Å². The number of hydrogen-bond acceptors (Lipinski definition) is 3. The van der Waals surface area contributed by atoms with Crippen LogP contribution in [0.15, 0.2) is 0 Å². The lowest BCUT2D eigenvalue weighted by molar-refractivity contribution is -0.149. The van der Waals surface area contributed by atoms with Gasteiger partial charge in [-0.15, -0.1) is 0 Å². The highest BCUT2D eigenvalue weighted by Gasteiger charge is 2.35. The number of carboxylic acid groups (broad SMARTS) is 1. The predicted octanol–water partition coefficient (Wildman–Crippen LogP) is 1.49. The second-order valence-electron chi connectivity index (χ2n) is 4.10. The van der Waals surface area contributed by atoms with Crippen LogP contribution in [0.1, 0.15) is 6.42 Å². The zero-order valence-electron chi connectivity index (χ0n) is 10.2. The Kier molecular flexibility index (Phi) is 5.77. The molecule has 1 fully saturated rings. The minimum Gasteiger partial charge on any atom is -0.480 e. The minimum atomic E-state index is -4.61. The molecule has 1 aliphatic heterocycles. The summed E-state index contributed by atoms with van der Waals surface area (Å²) in [5.74, 6) is 0.0440. The number of aliphatic carboxylic acids is 1. The highest BCUT2D eigenvalue weighted by atomic mass is 32.2. The number of amides is 2. The number of carboxylic acids is 1. The molecule has 1 N–H and O–H groups in total. The SMILES string of the molecule is O=C(O)CN(CC(F)(F)F)C(=O)N1CCCSCC1. The van der Waals surface area contributed by atoms with Gasteiger partial charge in [-0.25, -0.2) is 4.79 Å². The van der Waals surface area contributed by atoms with E-state index in [9.17, 15) is 22.8 Å². The maximum Gasteiger partial charge on any atom is 0.406 e. The summed E-state index contributed by atoms with van der Waals surface area (Å²) < 4.78 is 37.1. The van der Waals surface area contributed by atoms with E-state index in [0.29, 0.717) is 30.2 Å². The molecule has 0 aromatic rings. The Morgan fingerprint density at radius 1 is 1.26 bits per heavy atom. The molecule has 1 heterocycles. The van der Waals surface area contributed by atoms with Crippen molar-refractivity contribution >= 4 is 23.8 Å². The van der Waals surface area contributed by atoms with Crippen LogP contribution in [0.25, 0.3) is 0 Å². The number of alkyl halides is 3. The highest BCUT2D eigenvalue weighted by molar-refractivity contribution is 7.99. The van der Waals surface area contributed by atoms with Crippen LogP contribution in [0.3, 0.4) is 0 Å². The molecule has 1 aliphatic rings. The first-order valence-electron chi connectivity index (χ1n) is 5.70. The van der Waals surface area contributed by atoms with E-state index in [2.05, 4.69) is 0 Å². The summed E-state index contributed by atoms with van der Waals surface area (Å²) in [6.07, 6.45) is -3.91. The number of halogens is 3. The smallest absolute Gasteiger partial charge is 0.406 e. The van der Waals surface area contributed by atoms with E-state index in [1.54, 1.807) is 11.8 Å². The highest BCUT2D eigenvalue weighted by Crippen LogP contribution is 2.18. The number of nitrogens with zero attached hydrogens (tertiary/aromatic N) is 2. The van der Waals surface area contributed by atoms with Gasteiger partial charge in [-0.3, -0.25) is 4.79 Å². The third kappa shape index (κ3) is 6.04. The molecule has 0 aliphatic carbocycles. The largest absolute Gasteiger partial charge is 0.480 e. The molecule has 0 spiro atoms. The lowest BCUT2D eigenvalue weighted by Crippen LogP contribution is -2.49. The Hall–Kier alpha value is -1.12. The van der Waals surface area contributed by atoms with Gasteiger partial charge in [-0.2, -0.15) is 24.9 Å². The van der Waals surface area contributed by atoms with Gasteiger partial charge in [0.2, 0.25) is 0 Å². The van der Waals surface area contributed by atoms with E-state index >= 15 is 0 Å². The molecule has 0 radical (unpaired) electrons. The monoisotopic (exact) mass is 300 g/mol. The van der Waals surface area contributed by atoms with Gasteiger partial charge in [0, 0.05) is 18.8 Å². The van der Waals surface area contributed by atoms with Crippen LogP contribution < -0.4 is 0 Å². The van der Waals surface area contributed by atoms with Crippen LogP contribution in [0.2, 0.25) is 0 Å². The molecule has 110 valence electrons. The van der Waals surface area contributed by atoms with Crippen molar-refractivity contribution in [1.82, 2.24) is 9.80 Å². The lowest BCUT2D eigenvalue weighted by Gasteiger charge is -2.29. The standard InChI is InChI=1S/C10H15F3N2O3S/c11-10(12,13)7-15(6-8(16)17)9(18)14-2-1-4-19-5-3-14/h1-7H2,(H,16,17). The Bertz CT molecular complexity index is 330. The molecule has 0 bridgehead atoms.